The zero-order chi connectivity index (χ0) is 10.4. The lowest BCUT2D eigenvalue weighted by atomic mass is 10.1. The molecule has 1 aromatic rings. The van der Waals surface area contributed by atoms with Gasteiger partial charge in [-0.1, -0.05) is 0 Å². The molecule has 2 unspecified atom stereocenters. The van der Waals surface area contributed by atoms with E-state index in [9.17, 15) is 0 Å². The van der Waals surface area contributed by atoms with E-state index < -0.39 is 0 Å². The second kappa shape index (κ2) is 3.38. The van der Waals surface area contributed by atoms with Gasteiger partial charge in [0.05, 0.1) is 12.1 Å². The lowest BCUT2D eigenvalue weighted by Crippen LogP contribution is -2.23. The third-order valence-electron chi connectivity index (χ3n) is 3.85. The van der Waals surface area contributed by atoms with Gasteiger partial charge in [-0.25, -0.2) is 0 Å². The molecule has 2 atom stereocenters. The number of hydrogen-bond acceptors (Lipinski definition) is 1. The van der Waals surface area contributed by atoms with Crippen molar-refractivity contribution in [3.8, 4) is 0 Å². The highest BCUT2D eigenvalue weighted by atomic mass is 16.5. The predicted molar refractivity (Wildman–Crippen MR) is 60.0 cm³/mol. The fourth-order valence-electron chi connectivity index (χ4n) is 2.95. The van der Waals surface area contributed by atoms with Gasteiger partial charge in [-0.3, -0.25) is 0 Å². The second-order valence-corrected chi connectivity index (χ2v) is 5.01. The lowest BCUT2D eigenvalue weighted by Gasteiger charge is -2.23. The summed E-state index contributed by atoms with van der Waals surface area (Å²) in [4.78, 5) is 0. The highest BCUT2D eigenvalue weighted by molar-refractivity contribution is 5.16. The summed E-state index contributed by atoms with van der Waals surface area (Å²) in [5.41, 5.74) is 2.77. The quantitative estimate of drug-likeness (QED) is 0.724. The maximum Gasteiger partial charge on any atom is 0.0811 e. The highest BCUT2D eigenvalue weighted by Gasteiger charge is 2.41. The molecule has 3 rings (SSSR count). The normalized spacial score (nSPS) is 31.1. The summed E-state index contributed by atoms with van der Waals surface area (Å²) in [5.74, 6) is 0.846. The number of hydrogen-bond donors (Lipinski definition) is 0. The van der Waals surface area contributed by atoms with E-state index in [2.05, 4.69) is 30.5 Å². The fraction of sp³-hybridized carbons (Fsp3) is 0.692. The summed E-state index contributed by atoms with van der Waals surface area (Å²) in [7, 11) is 0. The van der Waals surface area contributed by atoms with Crippen LogP contribution in [0.15, 0.2) is 12.1 Å². The summed E-state index contributed by atoms with van der Waals surface area (Å²) in [5, 5.41) is 0. The molecule has 1 aromatic heterocycles. The van der Waals surface area contributed by atoms with Crippen LogP contribution >= 0.6 is 0 Å². The Balaban J connectivity index is 1.91. The molecule has 0 radical (unpaired) electrons. The highest BCUT2D eigenvalue weighted by Crippen LogP contribution is 2.44. The topological polar surface area (TPSA) is 14.2 Å². The van der Waals surface area contributed by atoms with Crippen LogP contribution in [-0.4, -0.2) is 17.3 Å². The summed E-state index contributed by atoms with van der Waals surface area (Å²) in [6, 6.07) is 5.04. The van der Waals surface area contributed by atoms with Crippen LogP contribution in [0.25, 0.3) is 0 Å². The molecule has 0 amide bonds. The minimum Gasteiger partial charge on any atom is -0.376 e. The maximum atomic E-state index is 5.90. The number of aryl methyl sites for hydroxylation is 2. The third kappa shape index (κ3) is 1.51. The van der Waals surface area contributed by atoms with Crippen molar-refractivity contribution in [1.82, 2.24) is 4.57 Å². The molecule has 1 aliphatic heterocycles. The van der Waals surface area contributed by atoms with Crippen LogP contribution in [0.3, 0.4) is 0 Å². The standard InChI is InChI=1S/C13H19NO/c1-9-3-4-10(2)14(9)12-7-8-15-13(12)11-5-6-11/h3-4,11-13H,5-8H2,1-2H3. The van der Waals surface area contributed by atoms with E-state index in [-0.39, 0.29) is 0 Å². The average molecular weight is 205 g/mol. The largest absolute Gasteiger partial charge is 0.376 e. The van der Waals surface area contributed by atoms with E-state index in [0.717, 1.165) is 12.5 Å². The van der Waals surface area contributed by atoms with Crippen molar-refractivity contribution in [2.24, 2.45) is 5.92 Å². The zero-order valence-electron chi connectivity index (χ0n) is 9.57. The molecule has 82 valence electrons. The predicted octanol–water partition coefficient (Wildman–Crippen LogP) is 2.84. The summed E-state index contributed by atoms with van der Waals surface area (Å²) in [6.07, 6.45) is 4.44. The van der Waals surface area contributed by atoms with E-state index in [4.69, 9.17) is 4.74 Å². The van der Waals surface area contributed by atoms with Crippen LogP contribution in [0.5, 0.6) is 0 Å². The van der Waals surface area contributed by atoms with E-state index in [0.29, 0.717) is 12.1 Å². The molecule has 1 aliphatic carbocycles. The minimum atomic E-state index is 0.495. The van der Waals surface area contributed by atoms with E-state index in [1.165, 1.54) is 30.7 Å². The Labute approximate surface area is 91.2 Å². The number of rotatable bonds is 2. The first-order valence-electron chi connectivity index (χ1n) is 6.03. The van der Waals surface area contributed by atoms with Gasteiger partial charge in [-0.2, -0.15) is 0 Å². The number of aromatic nitrogens is 1. The van der Waals surface area contributed by atoms with Gasteiger partial charge in [0.2, 0.25) is 0 Å². The van der Waals surface area contributed by atoms with Crippen molar-refractivity contribution < 1.29 is 4.74 Å². The lowest BCUT2D eigenvalue weighted by molar-refractivity contribution is 0.0744. The van der Waals surface area contributed by atoms with Crippen molar-refractivity contribution >= 4 is 0 Å². The molecule has 2 aliphatic rings. The van der Waals surface area contributed by atoms with Gasteiger partial charge in [0.25, 0.3) is 0 Å². The molecule has 0 aromatic carbocycles. The van der Waals surface area contributed by atoms with Gasteiger partial charge in [0.15, 0.2) is 0 Å². The Morgan fingerprint density at radius 1 is 1.13 bits per heavy atom. The Bertz CT molecular complexity index is 345. The Hall–Kier alpha value is -0.760. The number of nitrogens with zero attached hydrogens (tertiary/aromatic N) is 1. The monoisotopic (exact) mass is 205 g/mol. The minimum absolute atomic E-state index is 0.495. The summed E-state index contributed by atoms with van der Waals surface area (Å²) in [6.45, 7) is 5.35. The first-order chi connectivity index (χ1) is 7.27. The molecule has 2 heterocycles. The molecule has 1 saturated heterocycles. The third-order valence-corrected chi connectivity index (χ3v) is 3.85. The van der Waals surface area contributed by atoms with E-state index >= 15 is 0 Å². The van der Waals surface area contributed by atoms with Gasteiger partial charge < -0.3 is 9.30 Å². The average Bonchev–Trinajstić information content (AvgIpc) is 2.87. The van der Waals surface area contributed by atoms with Crippen LogP contribution in [0, 0.1) is 19.8 Å². The van der Waals surface area contributed by atoms with Crippen LogP contribution in [0.4, 0.5) is 0 Å². The van der Waals surface area contributed by atoms with Crippen molar-refractivity contribution in [2.45, 2.75) is 45.3 Å². The Morgan fingerprint density at radius 2 is 1.80 bits per heavy atom. The van der Waals surface area contributed by atoms with Gasteiger partial charge in [-0.05, 0) is 51.2 Å². The van der Waals surface area contributed by atoms with Crippen LogP contribution in [0.2, 0.25) is 0 Å². The molecule has 2 heteroatoms. The van der Waals surface area contributed by atoms with Gasteiger partial charge in [0, 0.05) is 18.0 Å². The smallest absolute Gasteiger partial charge is 0.0811 e. The first kappa shape index (κ1) is 9.46. The molecule has 0 spiro atoms. The number of ether oxygens (including phenoxy) is 1. The van der Waals surface area contributed by atoms with Crippen molar-refractivity contribution in [3.05, 3.63) is 23.5 Å². The molecule has 2 fully saturated rings. The van der Waals surface area contributed by atoms with Gasteiger partial charge >= 0.3 is 0 Å². The first-order valence-corrected chi connectivity index (χ1v) is 6.03. The molecule has 15 heavy (non-hydrogen) atoms. The molecular formula is C13H19NO. The van der Waals surface area contributed by atoms with E-state index in [1.807, 2.05) is 0 Å². The Morgan fingerprint density at radius 3 is 2.40 bits per heavy atom. The van der Waals surface area contributed by atoms with Gasteiger partial charge in [0.1, 0.15) is 0 Å². The second-order valence-electron chi connectivity index (χ2n) is 5.01. The molecule has 2 nitrogen and oxygen atoms in total. The van der Waals surface area contributed by atoms with Crippen LogP contribution in [0.1, 0.15) is 36.7 Å². The molecule has 0 bridgehead atoms. The molecular weight excluding hydrogens is 186 g/mol. The molecule has 1 saturated carbocycles. The SMILES string of the molecule is Cc1ccc(C)n1C1CCOC1C1CC1. The van der Waals surface area contributed by atoms with Gasteiger partial charge in [-0.15, -0.1) is 0 Å². The fourth-order valence-corrected chi connectivity index (χ4v) is 2.95. The molecule has 0 N–H and O–H groups in total. The zero-order valence-corrected chi connectivity index (χ0v) is 9.57. The van der Waals surface area contributed by atoms with Crippen LogP contribution < -0.4 is 0 Å². The van der Waals surface area contributed by atoms with E-state index in [1.54, 1.807) is 0 Å². The van der Waals surface area contributed by atoms with Crippen molar-refractivity contribution in [3.63, 3.8) is 0 Å². The van der Waals surface area contributed by atoms with Crippen molar-refractivity contribution in [1.29, 1.82) is 0 Å². The van der Waals surface area contributed by atoms with Crippen molar-refractivity contribution in [2.75, 3.05) is 6.61 Å². The van der Waals surface area contributed by atoms with Crippen LogP contribution in [-0.2, 0) is 4.74 Å². The summed E-state index contributed by atoms with van der Waals surface area (Å²) >= 11 is 0. The maximum absolute atomic E-state index is 5.90. The summed E-state index contributed by atoms with van der Waals surface area (Å²) < 4.78 is 8.38. The Kier molecular flexibility index (Phi) is 2.13.